The molecule has 0 spiro atoms. The van der Waals surface area contributed by atoms with Crippen LogP contribution in [0.15, 0.2) is 18.2 Å². The van der Waals surface area contributed by atoms with E-state index in [1.54, 1.807) is 6.26 Å². The molecule has 0 aliphatic rings. The Morgan fingerprint density at radius 1 is 1.41 bits per heavy atom. The first-order valence-electron chi connectivity index (χ1n) is 5.47. The van der Waals surface area contributed by atoms with Gasteiger partial charge in [-0.3, -0.25) is 4.21 Å². The molecule has 0 saturated heterocycles. The summed E-state index contributed by atoms with van der Waals surface area (Å²) in [5, 5.41) is 3.13. The fourth-order valence-electron chi connectivity index (χ4n) is 1.37. The summed E-state index contributed by atoms with van der Waals surface area (Å²) in [5.41, 5.74) is 0.315. The Bertz CT molecular complexity index is 398. The lowest BCUT2D eigenvalue weighted by Gasteiger charge is -2.09. The summed E-state index contributed by atoms with van der Waals surface area (Å²) < 4.78 is 37.2. The summed E-state index contributed by atoms with van der Waals surface area (Å²) in [4.78, 5) is 0. The Kier molecular flexibility index (Phi) is 5.71. The van der Waals surface area contributed by atoms with Crippen molar-refractivity contribution in [2.75, 3.05) is 12.8 Å². The van der Waals surface area contributed by atoms with Gasteiger partial charge < -0.3 is 5.32 Å². The predicted octanol–water partition coefficient (Wildman–Crippen LogP) is 2.21. The van der Waals surface area contributed by atoms with Gasteiger partial charge >= 0.3 is 0 Å². The normalized spacial score (nSPS) is 14.6. The molecule has 0 saturated carbocycles. The summed E-state index contributed by atoms with van der Waals surface area (Å²) in [5.74, 6) is -0.850. The fourth-order valence-corrected chi connectivity index (χ4v) is 1.82. The van der Waals surface area contributed by atoms with Gasteiger partial charge in [0.2, 0.25) is 0 Å². The van der Waals surface area contributed by atoms with Crippen molar-refractivity contribution >= 4 is 10.8 Å². The van der Waals surface area contributed by atoms with E-state index in [1.807, 2.05) is 6.92 Å². The van der Waals surface area contributed by atoms with E-state index >= 15 is 0 Å². The third kappa shape index (κ3) is 4.91. The maximum absolute atomic E-state index is 13.2. The molecule has 0 radical (unpaired) electrons. The highest BCUT2D eigenvalue weighted by Crippen LogP contribution is 2.09. The van der Waals surface area contributed by atoms with Crippen molar-refractivity contribution in [2.24, 2.45) is 0 Å². The highest BCUT2D eigenvalue weighted by atomic mass is 32.2. The van der Waals surface area contributed by atoms with E-state index < -0.39 is 22.4 Å². The van der Waals surface area contributed by atoms with Crippen molar-refractivity contribution in [3.05, 3.63) is 35.4 Å². The Morgan fingerprint density at radius 3 is 2.76 bits per heavy atom. The number of hydrogen-bond acceptors (Lipinski definition) is 2. The van der Waals surface area contributed by atoms with Crippen LogP contribution in [-0.4, -0.2) is 22.3 Å². The first-order valence-corrected chi connectivity index (χ1v) is 7.09. The average Bonchev–Trinajstić information content (AvgIpc) is 2.28. The monoisotopic (exact) mass is 261 g/mol. The highest BCUT2D eigenvalue weighted by Gasteiger charge is 2.06. The molecule has 0 bridgehead atoms. The minimum Gasteiger partial charge on any atom is -0.313 e. The molecule has 17 heavy (non-hydrogen) atoms. The third-order valence-corrected chi connectivity index (χ3v) is 3.99. The molecule has 0 amide bonds. The SMILES string of the molecule is CC(CCNCc1cc(F)ccc1F)S(C)=O. The van der Waals surface area contributed by atoms with Crippen LogP contribution in [0.4, 0.5) is 8.78 Å². The maximum atomic E-state index is 13.2. The lowest BCUT2D eigenvalue weighted by molar-refractivity contribution is 0.563. The summed E-state index contributed by atoms with van der Waals surface area (Å²) in [7, 11) is -0.840. The van der Waals surface area contributed by atoms with Gasteiger partial charge in [0.05, 0.1) is 0 Å². The molecule has 5 heteroatoms. The number of halogens is 2. The molecule has 96 valence electrons. The van der Waals surface area contributed by atoms with Crippen molar-refractivity contribution in [1.29, 1.82) is 0 Å². The third-order valence-electron chi connectivity index (χ3n) is 2.62. The minimum absolute atomic E-state index is 0.111. The molecule has 1 aromatic carbocycles. The fraction of sp³-hybridized carbons (Fsp3) is 0.500. The topological polar surface area (TPSA) is 29.1 Å². The van der Waals surface area contributed by atoms with E-state index in [0.29, 0.717) is 12.1 Å². The summed E-state index contributed by atoms with van der Waals surface area (Å²) in [6.45, 7) is 2.82. The predicted molar refractivity (Wildman–Crippen MR) is 66.2 cm³/mol. The van der Waals surface area contributed by atoms with Crippen molar-refractivity contribution in [3.63, 3.8) is 0 Å². The van der Waals surface area contributed by atoms with Crippen LogP contribution >= 0.6 is 0 Å². The van der Waals surface area contributed by atoms with Gasteiger partial charge in [-0.25, -0.2) is 8.78 Å². The van der Waals surface area contributed by atoms with Crippen LogP contribution in [0.1, 0.15) is 18.9 Å². The van der Waals surface area contributed by atoms with E-state index in [2.05, 4.69) is 5.32 Å². The van der Waals surface area contributed by atoms with Crippen LogP contribution in [0.5, 0.6) is 0 Å². The highest BCUT2D eigenvalue weighted by molar-refractivity contribution is 7.84. The molecule has 2 atom stereocenters. The molecule has 1 rings (SSSR count). The van der Waals surface area contributed by atoms with Gasteiger partial charge in [0.1, 0.15) is 11.6 Å². The van der Waals surface area contributed by atoms with Crippen molar-refractivity contribution in [1.82, 2.24) is 5.32 Å². The average molecular weight is 261 g/mol. The van der Waals surface area contributed by atoms with Gasteiger partial charge in [-0.1, -0.05) is 6.92 Å². The first kappa shape index (κ1) is 14.3. The van der Waals surface area contributed by atoms with E-state index in [0.717, 1.165) is 18.6 Å². The second-order valence-electron chi connectivity index (χ2n) is 4.01. The zero-order chi connectivity index (χ0) is 12.8. The summed E-state index contributed by atoms with van der Waals surface area (Å²) in [6.07, 6.45) is 2.41. The first-order chi connectivity index (χ1) is 8.00. The quantitative estimate of drug-likeness (QED) is 0.796. The molecule has 0 aliphatic carbocycles. The molecule has 2 unspecified atom stereocenters. The Morgan fingerprint density at radius 2 is 2.12 bits per heavy atom. The summed E-state index contributed by atoms with van der Waals surface area (Å²) in [6, 6.07) is 3.40. The molecule has 1 aromatic rings. The molecule has 0 fully saturated rings. The zero-order valence-corrected chi connectivity index (χ0v) is 10.8. The van der Waals surface area contributed by atoms with E-state index in [4.69, 9.17) is 0 Å². The van der Waals surface area contributed by atoms with Crippen LogP contribution in [-0.2, 0) is 17.3 Å². The molecule has 2 nitrogen and oxygen atoms in total. The molecular weight excluding hydrogens is 244 g/mol. The standard InChI is InChI=1S/C12H17F2NOS/c1-9(17(2)16)5-6-15-8-10-7-11(13)3-4-12(10)14/h3-4,7,9,15H,5-6,8H2,1-2H3. The molecule has 0 aromatic heterocycles. The molecule has 0 heterocycles. The lowest BCUT2D eigenvalue weighted by Crippen LogP contribution is -2.21. The number of rotatable bonds is 6. The van der Waals surface area contributed by atoms with Gasteiger partial charge in [0, 0.05) is 34.4 Å². The van der Waals surface area contributed by atoms with Crippen LogP contribution in [0.2, 0.25) is 0 Å². The van der Waals surface area contributed by atoms with Gasteiger partial charge in [-0.2, -0.15) is 0 Å². The van der Waals surface area contributed by atoms with E-state index in [1.165, 1.54) is 6.07 Å². The number of nitrogens with one attached hydrogen (secondary N) is 1. The maximum Gasteiger partial charge on any atom is 0.127 e. The largest absolute Gasteiger partial charge is 0.313 e. The van der Waals surface area contributed by atoms with E-state index in [-0.39, 0.29) is 11.8 Å². The van der Waals surface area contributed by atoms with E-state index in [9.17, 15) is 13.0 Å². The van der Waals surface area contributed by atoms with Crippen LogP contribution < -0.4 is 5.32 Å². The van der Waals surface area contributed by atoms with Crippen molar-refractivity contribution < 1.29 is 13.0 Å². The Hall–Kier alpha value is -0.810. The zero-order valence-electron chi connectivity index (χ0n) is 10.0. The van der Waals surface area contributed by atoms with Crippen LogP contribution in [0.3, 0.4) is 0 Å². The summed E-state index contributed by atoms with van der Waals surface area (Å²) >= 11 is 0. The van der Waals surface area contributed by atoms with Gasteiger partial charge in [-0.15, -0.1) is 0 Å². The second kappa shape index (κ2) is 6.81. The molecule has 1 N–H and O–H groups in total. The minimum atomic E-state index is -0.840. The number of hydrogen-bond donors (Lipinski definition) is 1. The number of benzene rings is 1. The Labute approximate surface area is 103 Å². The molecule has 0 aliphatic heterocycles. The van der Waals surface area contributed by atoms with Gasteiger partial charge in [-0.05, 0) is 31.2 Å². The smallest absolute Gasteiger partial charge is 0.127 e. The van der Waals surface area contributed by atoms with Gasteiger partial charge in [0.25, 0.3) is 0 Å². The second-order valence-corrected chi connectivity index (χ2v) is 5.81. The van der Waals surface area contributed by atoms with Crippen molar-refractivity contribution in [3.8, 4) is 0 Å². The van der Waals surface area contributed by atoms with Crippen LogP contribution in [0.25, 0.3) is 0 Å². The molecular formula is C12H17F2NOS. The Balaban J connectivity index is 2.36. The van der Waals surface area contributed by atoms with Gasteiger partial charge in [0.15, 0.2) is 0 Å². The van der Waals surface area contributed by atoms with Crippen LogP contribution in [0, 0.1) is 11.6 Å². The van der Waals surface area contributed by atoms with Crippen molar-refractivity contribution in [2.45, 2.75) is 25.1 Å². The lowest BCUT2D eigenvalue weighted by atomic mass is 10.2.